The average Bonchev–Trinajstić information content (AvgIpc) is 3.23. The topological polar surface area (TPSA) is 55.8 Å². The molecule has 4 nitrogen and oxygen atoms in total. The predicted octanol–water partition coefficient (Wildman–Crippen LogP) is 18.1. The molecule has 0 radical (unpaired) electrons. The third-order valence-corrected chi connectivity index (χ3v) is 12.3. The van der Waals surface area contributed by atoms with Gasteiger partial charge in [0.15, 0.2) is 0 Å². The molecule has 0 heterocycles. The summed E-state index contributed by atoms with van der Waals surface area (Å²) in [7, 11) is 0. The van der Waals surface area contributed by atoms with Gasteiger partial charge in [0.1, 0.15) is 6.10 Å². The lowest BCUT2D eigenvalue weighted by atomic mass is 10.0. The Kier molecular flexibility index (Phi) is 51.5. The molecule has 1 N–H and O–H groups in total. The molecule has 0 aliphatic heterocycles. The molecule has 1 unspecified atom stereocenters. The van der Waals surface area contributed by atoms with Crippen LogP contribution < -0.4 is 0 Å². The van der Waals surface area contributed by atoms with Crippen LogP contribution in [0.4, 0.5) is 0 Å². The van der Waals surface area contributed by atoms with E-state index in [2.05, 4.69) is 26.0 Å². The molecule has 0 aliphatic carbocycles. The number of carbonyl (C=O) groups is 1. The molecule has 0 fully saturated rings. The van der Waals surface area contributed by atoms with Crippen molar-refractivity contribution in [1.29, 1.82) is 0 Å². The molecule has 0 amide bonds. The Hall–Kier alpha value is -0.870. The lowest BCUT2D eigenvalue weighted by molar-refractivity contribution is -0.154. The molecule has 0 aromatic rings. The van der Waals surface area contributed by atoms with Crippen LogP contribution in [-0.2, 0) is 14.3 Å². The van der Waals surface area contributed by atoms with E-state index in [-0.39, 0.29) is 12.6 Å². The largest absolute Gasteiger partial charge is 0.457 e. The van der Waals surface area contributed by atoms with E-state index in [4.69, 9.17) is 9.47 Å². The maximum absolute atomic E-state index is 12.3. The van der Waals surface area contributed by atoms with Gasteiger partial charge >= 0.3 is 5.97 Å². The summed E-state index contributed by atoms with van der Waals surface area (Å²) in [5.74, 6) is -0.195. The van der Waals surface area contributed by atoms with Crippen molar-refractivity contribution in [3.05, 3.63) is 12.2 Å². The van der Waals surface area contributed by atoms with Crippen molar-refractivity contribution >= 4 is 5.97 Å². The minimum Gasteiger partial charge on any atom is -0.457 e. The minimum atomic E-state index is -0.530. The van der Waals surface area contributed by atoms with Crippen LogP contribution in [0.25, 0.3) is 0 Å². The summed E-state index contributed by atoms with van der Waals surface area (Å²) in [5, 5.41) is 9.66. The van der Waals surface area contributed by atoms with E-state index in [1.54, 1.807) is 0 Å². The van der Waals surface area contributed by atoms with Crippen molar-refractivity contribution in [3.63, 3.8) is 0 Å². The first-order valence-corrected chi connectivity index (χ1v) is 26.8. The van der Waals surface area contributed by atoms with Crippen molar-refractivity contribution in [1.82, 2.24) is 0 Å². The fourth-order valence-corrected chi connectivity index (χ4v) is 8.33. The number of rotatable bonds is 51. The Bertz CT molecular complexity index is 781. The van der Waals surface area contributed by atoms with E-state index in [1.807, 2.05) is 0 Å². The molecule has 1 atom stereocenters. The summed E-state index contributed by atoms with van der Waals surface area (Å²) in [6.07, 6.45) is 64.6. The van der Waals surface area contributed by atoms with Gasteiger partial charge in [0, 0.05) is 13.0 Å². The van der Waals surface area contributed by atoms with Crippen LogP contribution in [0.5, 0.6) is 0 Å². The number of hydrogen-bond donors (Lipinski definition) is 1. The van der Waals surface area contributed by atoms with Crippen molar-refractivity contribution in [2.75, 3.05) is 19.8 Å². The maximum Gasteiger partial charge on any atom is 0.306 e. The molecule has 346 valence electrons. The Labute approximate surface area is 365 Å². The van der Waals surface area contributed by atoms with Crippen molar-refractivity contribution in [2.24, 2.45) is 0 Å². The number of allylic oxidation sites excluding steroid dienone is 2. The fourth-order valence-electron chi connectivity index (χ4n) is 8.33. The lowest BCUT2D eigenvalue weighted by Crippen LogP contribution is -2.27. The van der Waals surface area contributed by atoms with Crippen molar-refractivity contribution in [2.45, 2.75) is 309 Å². The summed E-state index contributed by atoms with van der Waals surface area (Å²) >= 11 is 0. The Balaban J connectivity index is 3.34. The standard InChI is InChI=1S/C54H106O4/c1-3-5-7-9-11-13-15-17-19-21-23-25-26-27-28-30-32-34-36-38-40-42-44-46-48-50-57-52-53(51-55)58-54(56)49-47-45-43-41-39-37-35-33-31-29-24-22-20-18-16-14-12-10-8-6-4-2/h22,24,53,55H,3-21,23,25-52H2,1-2H3/b24-22-. The highest BCUT2D eigenvalue weighted by Crippen LogP contribution is 2.17. The van der Waals surface area contributed by atoms with E-state index >= 15 is 0 Å². The van der Waals surface area contributed by atoms with Gasteiger partial charge in [-0.05, 0) is 38.5 Å². The predicted molar refractivity (Wildman–Crippen MR) is 256 cm³/mol. The second kappa shape index (κ2) is 52.3. The van der Waals surface area contributed by atoms with Crippen LogP contribution in [0.2, 0.25) is 0 Å². The molecular formula is C54H106O4. The number of ether oxygens (including phenoxy) is 2. The van der Waals surface area contributed by atoms with Gasteiger partial charge in [0.2, 0.25) is 0 Å². The summed E-state index contributed by atoms with van der Waals surface area (Å²) < 4.78 is 11.2. The molecule has 0 bridgehead atoms. The van der Waals surface area contributed by atoms with Crippen LogP contribution in [0, 0.1) is 0 Å². The number of aliphatic hydroxyl groups is 1. The second-order valence-corrected chi connectivity index (χ2v) is 18.3. The fraction of sp³-hybridized carbons (Fsp3) is 0.944. The van der Waals surface area contributed by atoms with E-state index in [1.165, 1.54) is 263 Å². The smallest absolute Gasteiger partial charge is 0.306 e. The Morgan fingerprint density at radius 2 is 0.672 bits per heavy atom. The number of aliphatic hydroxyl groups excluding tert-OH is 1. The second-order valence-electron chi connectivity index (χ2n) is 18.3. The minimum absolute atomic E-state index is 0.166. The van der Waals surface area contributed by atoms with E-state index < -0.39 is 6.10 Å². The highest BCUT2D eigenvalue weighted by atomic mass is 16.6. The lowest BCUT2D eigenvalue weighted by Gasteiger charge is -2.16. The van der Waals surface area contributed by atoms with E-state index in [0.717, 1.165) is 19.3 Å². The molecule has 0 saturated carbocycles. The average molecular weight is 819 g/mol. The summed E-state index contributed by atoms with van der Waals surface area (Å²) in [5.41, 5.74) is 0. The molecule has 4 heteroatoms. The van der Waals surface area contributed by atoms with Crippen LogP contribution >= 0.6 is 0 Å². The molecule has 0 aliphatic rings. The number of unbranched alkanes of at least 4 members (excludes halogenated alkanes) is 41. The zero-order chi connectivity index (χ0) is 41.9. The zero-order valence-corrected chi connectivity index (χ0v) is 39.8. The number of carbonyl (C=O) groups excluding carboxylic acids is 1. The SMILES string of the molecule is CCCCCCCCCC/C=C\CCCCCCCCCCCC(=O)OC(CO)COCCCCCCCCCCCCCCCCCCCCCCCCCCC. The first-order valence-electron chi connectivity index (χ1n) is 26.8. The van der Waals surface area contributed by atoms with Gasteiger partial charge in [-0.25, -0.2) is 0 Å². The van der Waals surface area contributed by atoms with Gasteiger partial charge in [-0.15, -0.1) is 0 Å². The zero-order valence-electron chi connectivity index (χ0n) is 39.8. The first kappa shape index (κ1) is 57.1. The van der Waals surface area contributed by atoms with Gasteiger partial charge in [0.25, 0.3) is 0 Å². The molecule has 0 rings (SSSR count). The summed E-state index contributed by atoms with van der Waals surface area (Å²) in [4.78, 5) is 12.3. The quantitative estimate of drug-likeness (QED) is 0.0377. The monoisotopic (exact) mass is 819 g/mol. The van der Waals surface area contributed by atoms with Crippen molar-refractivity contribution < 1.29 is 19.4 Å². The Morgan fingerprint density at radius 3 is 0.983 bits per heavy atom. The van der Waals surface area contributed by atoms with Gasteiger partial charge in [-0.2, -0.15) is 0 Å². The van der Waals surface area contributed by atoms with Gasteiger partial charge in [0.05, 0.1) is 13.2 Å². The molecule has 58 heavy (non-hydrogen) atoms. The maximum atomic E-state index is 12.3. The van der Waals surface area contributed by atoms with Crippen LogP contribution in [0.1, 0.15) is 303 Å². The molecule has 0 aromatic heterocycles. The first-order chi connectivity index (χ1) is 28.7. The van der Waals surface area contributed by atoms with Crippen LogP contribution in [0.15, 0.2) is 12.2 Å². The van der Waals surface area contributed by atoms with E-state index in [9.17, 15) is 9.90 Å². The number of esters is 1. The van der Waals surface area contributed by atoms with E-state index in [0.29, 0.717) is 19.6 Å². The van der Waals surface area contributed by atoms with Gasteiger partial charge in [-0.3, -0.25) is 4.79 Å². The third-order valence-electron chi connectivity index (χ3n) is 12.3. The summed E-state index contributed by atoms with van der Waals surface area (Å²) in [6, 6.07) is 0. The van der Waals surface area contributed by atoms with Crippen LogP contribution in [-0.4, -0.2) is 37.0 Å². The molecular weight excluding hydrogens is 713 g/mol. The molecule has 0 aromatic carbocycles. The normalized spacial score (nSPS) is 12.3. The molecule has 0 spiro atoms. The van der Waals surface area contributed by atoms with Crippen molar-refractivity contribution in [3.8, 4) is 0 Å². The third kappa shape index (κ3) is 49.5. The highest BCUT2D eigenvalue weighted by Gasteiger charge is 2.13. The molecule has 0 saturated heterocycles. The summed E-state index contributed by atoms with van der Waals surface area (Å²) in [6.45, 7) is 5.41. The van der Waals surface area contributed by atoms with Gasteiger partial charge in [-0.1, -0.05) is 270 Å². The highest BCUT2D eigenvalue weighted by molar-refractivity contribution is 5.69. The number of hydrogen-bond acceptors (Lipinski definition) is 4. The van der Waals surface area contributed by atoms with Crippen LogP contribution in [0.3, 0.4) is 0 Å². The van der Waals surface area contributed by atoms with Gasteiger partial charge < -0.3 is 14.6 Å². The Morgan fingerprint density at radius 1 is 0.397 bits per heavy atom.